The second-order valence-corrected chi connectivity index (χ2v) is 9.25. The lowest BCUT2D eigenvalue weighted by atomic mass is 9.79. The Labute approximate surface area is 183 Å². The van der Waals surface area contributed by atoms with Gasteiger partial charge < -0.3 is 13.9 Å². The molecule has 1 saturated carbocycles. The van der Waals surface area contributed by atoms with E-state index in [9.17, 15) is 9.59 Å². The van der Waals surface area contributed by atoms with Crippen molar-refractivity contribution in [3.8, 4) is 0 Å². The quantitative estimate of drug-likeness (QED) is 0.491. The monoisotopic (exact) mass is 430 g/mol. The molecule has 2 aliphatic rings. The molecule has 0 atom stereocenters. The van der Waals surface area contributed by atoms with E-state index in [0.29, 0.717) is 30.5 Å². The number of nitrogens with zero attached hydrogens (tertiary/aromatic N) is 2. The molecular formula is C24H34N2O5. The molecule has 2 aromatic rings. The minimum absolute atomic E-state index is 0.00774. The van der Waals surface area contributed by atoms with Crippen LogP contribution in [0.3, 0.4) is 0 Å². The van der Waals surface area contributed by atoms with Gasteiger partial charge in [0.15, 0.2) is 11.4 Å². The molecule has 0 unspecified atom stereocenters. The van der Waals surface area contributed by atoms with Crippen LogP contribution in [0.2, 0.25) is 0 Å². The average molecular weight is 431 g/mol. The van der Waals surface area contributed by atoms with Crippen LogP contribution in [0.1, 0.15) is 68.8 Å². The van der Waals surface area contributed by atoms with Crippen molar-refractivity contribution in [1.29, 1.82) is 0 Å². The Morgan fingerprint density at radius 3 is 2.52 bits per heavy atom. The van der Waals surface area contributed by atoms with Gasteiger partial charge in [0.25, 0.3) is 0 Å². The number of likely N-dealkylation sites (tertiary alicyclic amines) is 1. The Morgan fingerprint density at radius 2 is 1.87 bits per heavy atom. The maximum Gasteiger partial charge on any atom is 0.420 e. The lowest BCUT2D eigenvalue weighted by molar-refractivity contribution is -0.0419. The number of carbonyl (C=O) groups is 1. The van der Waals surface area contributed by atoms with E-state index in [1.165, 1.54) is 0 Å². The zero-order chi connectivity index (χ0) is 22.0. The number of rotatable bonds is 7. The normalized spacial score (nSPS) is 25.8. The number of fused-ring (bicyclic) bond motifs is 1. The molecule has 2 heterocycles. The second kappa shape index (κ2) is 9.27. The summed E-state index contributed by atoms with van der Waals surface area (Å²) in [4.78, 5) is 27.0. The van der Waals surface area contributed by atoms with Crippen LogP contribution < -0.4 is 5.76 Å². The highest BCUT2D eigenvalue weighted by Crippen LogP contribution is 2.38. The lowest BCUT2D eigenvalue weighted by Gasteiger charge is -2.48. The fourth-order valence-electron chi connectivity index (χ4n) is 5.26. The van der Waals surface area contributed by atoms with Crippen molar-refractivity contribution in [2.75, 3.05) is 33.4 Å². The van der Waals surface area contributed by atoms with E-state index in [0.717, 1.165) is 57.1 Å². The highest BCUT2D eigenvalue weighted by atomic mass is 16.5. The highest BCUT2D eigenvalue weighted by Gasteiger charge is 2.38. The van der Waals surface area contributed by atoms with Gasteiger partial charge in [-0.3, -0.25) is 14.3 Å². The van der Waals surface area contributed by atoms with Gasteiger partial charge in [0, 0.05) is 37.3 Å². The van der Waals surface area contributed by atoms with Gasteiger partial charge in [-0.15, -0.1) is 0 Å². The number of methoxy groups -OCH3 is 1. The zero-order valence-electron chi connectivity index (χ0n) is 18.9. The summed E-state index contributed by atoms with van der Waals surface area (Å²) in [6, 6.07) is 5.34. The Balaban J connectivity index is 1.40. The smallest absolute Gasteiger partial charge is 0.408 e. The first-order valence-electron chi connectivity index (χ1n) is 11.4. The molecule has 170 valence electrons. The van der Waals surface area contributed by atoms with Gasteiger partial charge in [-0.2, -0.15) is 0 Å². The zero-order valence-corrected chi connectivity index (χ0v) is 18.9. The number of carbonyl (C=O) groups excluding carboxylic acids is 1. The molecule has 0 radical (unpaired) electrons. The summed E-state index contributed by atoms with van der Waals surface area (Å²) >= 11 is 0. The van der Waals surface area contributed by atoms with Crippen molar-refractivity contribution in [2.24, 2.45) is 0 Å². The molecular weight excluding hydrogens is 396 g/mol. The number of ketones is 1. The minimum atomic E-state index is -0.325. The molecule has 1 aromatic carbocycles. The molecule has 2 fully saturated rings. The van der Waals surface area contributed by atoms with Gasteiger partial charge in [0.05, 0.1) is 24.8 Å². The summed E-state index contributed by atoms with van der Waals surface area (Å²) < 4.78 is 18.2. The number of aromatic nitrogens is 1. The van der Waals surface area contributed by atoms with Crippen LogP contribution in [0, 0.1) is 0 Å². The highest BCUT2D eigenvalue weighted by molar-refractivity contribution is 5.97. The van der Waals surface area contributed by atoms with Crippen molar-refractivity contribution >= 4 is 16.9 Å². The third-order valence-corrected chi connectivity index (χ3v) is 7.26. The Bertz CT molecular complexity index is 962. The molecule has 0 amide bonds. The number of Topliss-reactive ketones (excluding diaryl/α,β-unsaturated/α-hetero) is 1. The van der Waals surface area contributed by atoms with E-state index in [1.54, 1.807) is 36.8 Å². The van der Waals surface area contributed by atoms with Crippen molar-refractivity contribution in [3.05, 3.63) is 34.3 Å². The van der Waals surface area contributed by atoms with Gasteiger partial charge >= 0.3 is 5.76 Å². The number of ether oxygens (including phenoxy) is 2. The molecule has 1 saturated heterocycles. The summed E-state index contributed by atoms with van der Waals surface area (Å²) in [5.41, 5.74) is 2.08. The maximum atomic E-state index is 12.6. The van der Waals surface area contributed by atoms with E-state index >= 15 is 0 Å². The van der Waals surface area contributed by atoms with E-state index in [-0.39, 0.29) is 23.1 Å². The third kappa shape index (κ3) is 4.64. The molecule has 1 aliphatic carbocycles. The van der Waals surface area contributed by atoms with Crippen LogP contribution in [0.5, 0.6) is 0 Å². The predicted octanol–water partition coefficient (Wildman–Crippen LogP) is 3.80. The van der Waals surface area contributed by atoms with Crippen LogP contribution in [0.15, 0.2) is 27.4 Å². The first-order valence-corrected chi connectivity index (χ1v) is 11.4. The molecule has 1 aromatic heterocycles. The lowest BCUT2D eigenvalue weighted by Crippen LogP contribution is -2.53. The molecule has 0 bridgehead atoms. The molecule has 0 spiro atoms. The number of benzene rings is 1. The molecule has 31 heavy (non-hydrogen) atoms. The van der Waals surface area contributed by atoms with Crippen molar-refractivity contribution in [1.82, 2.24) is 9.47 Å². The van der Waals surface area contributed by atoms with Crippen LogP contribution in [-0.4, -0.2) is 60.3 Å². The molecule has 4 rings (SSSR count). The van der Waals surface area contributed by atoms with E-state index in [4.69, 9.17) is 13.9 Å². The molecule has 7 nitrogen and oxygen atoms in total. The molecule has 0 N–H and O–H groups in total. The number of hydrogen-bond donors (Lipinski definition) is 0. The van der Waals surface area contributed by atoms with E-state index in [2.05, 4.69) is 11.8 Å². The van der Waals surface area contributed by atoms with Crippen LogP contribution in [0.4, 0.5) is 0 Å². The Hall–Kier alpha value is -1.96. The number of oxazole rings is 1. The van der Waals surface area contributed by atoms with Crippen molar-refractivity contribution < 1.29 is 18.7 Å². The first-order chi connectivity index (χ1) is 14.9. The summed E-state index contributed by atoms with van der Waals surface area (Å²) in [6.45, 7) is 7.15. The van der Waals surface area contributed by atoms with Gasteiger partial charge in [-0.25, -0.2) is 4.79 Å². The van der Waals surface area contributed by atoms with E-state index in [1.807, 2.05) is 0 Å². The van der Waals surface area contributed by atoms with Gasteiger partial charge in [-0.1, -0.05) is 0 Å². The third-order valence-electron chi connectivity index (χ3n) is 7.26. The van der Waals surface area contributed by atoms with Crippen LogP contribution in [0.25, 0.3) is 11.1 Å². The largest absolute Gasteiger partial charge is 0.420 e. The van der Waals surface area contributed by atoms with Crippen LogP contribution >= 0.6 is 0 Å². The van der Waals surface area contributed by atoms with E-state index < -0.39 is 0 Å². The fourth-order valence-corrected chi connectivity index (χ4v) is 5.26. The first kappa shape index (κ1) is 22.2. The average Bonchev–Trinajstić information content (AvgIpc) is 3.10. The fraction of sp³-hybridized carbons (Fsp3) is 0.667. The Kier molecular flexibility index (Phi) is 6.65. The van der Waals surface area contributed by atoms with Crippen LogP contribution in [-0.2, 0) is 9.47 Å². The maximum absolute atomic E-state index is 12.6. The molecule has 1 aliphatic heterocycles. The number of hydrogen-bond acceptors (Lipinski definition) is 6. The van der Waals surface area contributed by atoms with Crippen molar-refractivity contribution in [3.63, 3.8) is 0 Å². The van der Waals surface area contributed by atoms with Crippen molar-refractivity contribution in [2.45, 2.75) is 70.1 Å². The molecule has 7 heteroatoms. The topological polar surface area (TPSA) is 73.9 Å². The summed E-state index contributed by atoms with van der Waals surface area (Å²) in [6.07, 6.45) is 6.58. The summed E-state index contributed by atoms with van der Waals surface area (Å²) in [7, 11) is 1.70. The summed E-state index contributed by atoms with van der Waals surface area (Å²) in [5.74, 6) is -0.333. The second-order valence-electron chi connectivity index (χ2n) is 9.25. The number of piperidine rings is 1. The Morgan fingerprint density at radius 1 is 1.16 bits per heavy atom. The van der Waals surface area contributed by atoms with Gasteiger partial charge in [-0.05, 0) is 70.6 Å². The standard InChI is InChI=1S/C24H34N2O5/c1-17(27)18-4-5-22-21(16-18)26(23(28)31-22)19-8-12-25(13-9-19)24(2)10-6-20(7-11-24)30-15-14-29-3/h4-5,16,19-20H,6-15H2,1-3H3/t20-,24-. The van der Waals surface area contributed by atoms with Gasteiger partial charge in [0.2, 0.25) is 0 Å². The van der Waals surface area contributed by atoms with Gasteiger partial charge in [0.1, 0.15) is 0 Å². The minimum Gasteiger partial charge on any atom is -0.408 e. The summed E-state index contributed by atoms with van der Waals surface area (Å²) in [5, 5.41) is 0. The predicted molar refractivity (Wildman–Crippen MR) is 119 cm³/mol. The SMILES string of the molecule is COCCO[C@H]1CC[C@](C)(N2CCC(n3c(=O)oc4ccc(C(C)=O)cc43)CC2)CC1.